The van der Waals surface area contributed by atoms with E-state index in [0.29, 0.717) is 0 Å². The maximum absolute atomic E-state index is 11.7. The van der Waals surface area contributed by atoms with Gasteiger partial charge in [-0.2, -0.15) is 15.6 Å². The van der Waals surface area contributed by atoms with E-state index in [0.717, 1.165) is 0 Å². The number of nitrogens with one attached hydrogen (secondary N) is 3. The minimum atomic E-state index is -1.30. The van der Waals surface area contributed by atoms with Crippen molar-refractivity contribution in [1.29, 1.82) is 0 Å². The predicted molar refractivity (Wildman–Crippen MR) is 60.6 cm³/mol. The van der Waals surface area contributed by atoms with E-state index in [2.05, 4.69) is 60.7 Å². The molecule has 0 aliphatic heterocycles. The number of H-pyrrole nitrogens is 3. The average Bonchev–Trinajstić information content (AvgIpc) is 3.38. The van der Waals surface area contributed by atoms with Gasteiger partial charge in [-0.05, 0) is 15.6 Å². The van der Waals surface area contributed by atoms with E-state index < -0.39 is 35.4 Å². The number of aromatic nitrogens is 12. The second kappa shape index (κ2) is 6.78. The highest BCUT2D eigenvalue weighted by molar-refractivity contribution is 5.86. The molecule has 0 atom stereocenters. The lowest BCUT2D eigenvalue weighted by molar-refractivity contribution is -0.450. The normalized spacial score (nSPS) is 10.4. The van der Waals surface area contributed by atoms with E-state index in [4.69, 9.17) is 0 Å². The van der Waals surface area contributed by atoms with Gasteiger partial charge in [0.2, 0.25) is 5.39 Å². The Hall–Kier alpha value is -4.42. The van der Waals surface area contributed by atoms with E-state index in [1.54, 1.807) is 0 Å². The van der Waals surface area contributed by atoms with Crippen LogP contribution in [-0.4, -0.2) is 85.2 Å². The Bertz CT molecular complexity index is 727. The Kier molecular flexibility index (Phi) is 4.20. The molecular formula is C6H3N13O6. The van der Waals surface area contributed by atoms with Gasteiger partial charge in [0.05, 0.1) is 0 Å². The summed E-state index contributed by atoms with van der Waals surface area (Å²) in [4.78, 5) is 48.6. The van der Waals surface area contributed by atoms with Crippen molar-refractivity contribution < 1.29 is 28.9 Å². The minimum absolute atomic E-state index is 0.254. The number of carbonyl (C=O) groups is 3. The smallest absolute Gasteiger partial charge is 0.292 e. The monoisotopic (exact) mass is 353 g/mol. The van der Waals surface area contributed by atoms with Crippen LogP contribution in [0.15, 0.2) is 0 Å². The highest BCUT2D eigenvalue weighted by Crippen LogP contribution is 2.04. The van der Waals surface area contributed by atoms with Crippen LogP contribution >= 0.6 is 0 Å². The molecule has 0 bridgehead atoms. The molecule has 3 aromatic heterocycles. The van der Waals surface area contributed by atoms with Crippen LogP contribution in [0.4, 0.5) is 0 Å². The molecule has 0 aliphatic carbocycles. The standard InChI is InChI=1S/C6H3N13O6/c20-4(1-7-13-14-8-1)23-19(24-5(21)2-9-15-16-10-2)25-6(22)3-11-17-18-12-3/h(H,7,8,13,14)(H,9,10,15,16)(H,11,12,17,18). The fraction of sp³-hybridized carbons (Fsp3) is 0. The molecule has 0 saturated carbocycles. The summed E-state index contributed by atoms with van der Waals surface area (Å²) in [7, 11) is 0. The predicted octanol–water partition coefficient (Wildman–Crippen LogP) is -3.86. The molecule has 0 aliphatic rings. The Morgan fingerprint density at radius 3 is 1.20 bits per heavy atom. The first-order valence-electron chi connectivity index (χ1n) is 5.81. The van der Waals surface area contributed by atoms with Gasteiger partial charge in [-0.15, -0.1) is 30.6 Å². The van der Waals surface area contributed by atoms with E-state index in [-0.39, 0.29) is 5.39 Å². The first kappa shape index (κ1) is 15.5. The summed E-state index contributed by atoms with van der Waals surface area (Å²) in [5, 5.41) is 35.0. The van der Waals surface area contributed by atoms with Crippen LogP contribution in [0.1, 0.15) is 31.9 Å². The van der Waals surface area contributed by atoms with Crippen molar-refractivity contribution in [3.05, 3.63) is 17.5 Å². The Balaban J connectivity index is 1.71. The number of carbonyl (C=O) groups excluding carboxylic acids is 3. The van der Waals surface area contributed by atoms with Crippen LogP contribution in [0, 0.1) is 0 Å². The number of tetrazole rings is 3. The highest BCUT2D eigenvalue weighted by Gasteiger charge is 2.29. The molecule has 25 heavy (non-hydrogen) atoms. The summed E-state index contributed by atoms with van der Waals surface area (Å²) in [6.45, 7) is 0. The van der Waals surface area contributed by atoms with E-state index in [9.17, 15) is 14.4 Å². The fourth-order valence-corrected chi connectivity index (χ4v) is 1.13. The van der Waals surface area contributed by atoms with E-state index in [1.807, 2.05) is 15.6 Å². The van der Waals surface area contributed by atoms with Gasteiger partial charge in [0.25, 0.3) is 17.5 Å². The largest absolute Gasteiger partial charge is 0.404 e. The molecule has 0 radical (unpaired) electrons. The van der Waals surface area contributed by atoms with Crippen molar-refractivity contribution in [2.75, 3.05) is 0 Å². The third kappa shape index (κ3) is 3.67. The van der Waals surface area contributed by atoms with Gasteiger partial charge in [0, 0.05) is 0 Å². The molecule has 0 unspecified atom stereocenters. The SMILES string of the molecule is O=C(ON(OC(=O)c1nn[nH]n1)OC(=O)c1nn[nH]n1)c1nn[nH]n1. The topological polar surface area (TPSA) is 246 Å². The molecule has 0 amide bonds. The van der Waals surface area contributed by atoms with Crippen LogP contribution in [0.5, 0.6) is 0 Å². The summed E-state index contributed by atoms with van der Waals surface area (Å²) in [5.41, 5.74) is 0. The van der Waals surface area contributed by atoms with Crippen LogP contribution in [0.25, 0.3) is 0 Å². The zero-order chi connectivity index (χ0) is 17.6. The second-order valence-corrected chi connectivity index (χ2v) is 3.57. The number of hydrogen-bond acceptors (Lipinski definition) is 16. The van der Waals surface area contributed by atoms with Gasteiger partial charge in [-0.1, -0.05) is 0 Å². The number of aromatic amines is 3. The quantitative estimate of drug-likeness (QED) is 0.358. The third-order valence-corrected chi connectivity index (χ3v) is 2.06. The summed E-state index contributed by atoms with van der Waals surface area (Å²) in [6, 6.07) is 0. The molecule has 19 heteroatoms. The summed E-state index contributed by atoms with van der Waals surface area (Å²) < 4.78 is 0. The Morgan fingerprint density at radius 2 is 0.960 bits per heavy atom. The highest BCUT2D eigenvalue weighted by atomic mass is 17.2. The van der Waals surface area contributed by atoms with Crippen LogP contribution in [0.3, 0.4) is 0 Å². The minimum Gasteiger partial charge on any atom is -0.292 e. The van der Waals surface area contributed by atoms with Gasteiger partial charge in [-0.3, -0.25) is 14.5 Å². The maximum atomic E-state index is 11.7. The van der Waals surface area contributed by atoms with Crippen molar-refractivity contribution in [2.45, 2.75) is 0 Å². The lowest BCUT2D eigenvalue weighted by Gasteiger charge is -2.14. The van der Waals surface area contributed by atoms with Gasteiger partial charge < -0.3 is 0 Å². The zero-order valence-corrected chi connectivity index (χ0v) is 11.4. The molecule has 3 N–H and O–H groups in total. The number of hydrogen-bond donors (Lipinski definition) is 3. The van der Waals surface area contributed by atoms with Crippen LogP contribution in [-0.2, 0) is 14.5 Å². The summed E-state index contributed by atoms with van der Waals surface area (Å²) in [6.07, 6.45) is 0. The van der Waals surface area contributed by atoms with Gasteiger partial charge in [-0.25, -0.2) is 14.4 Å². The van der Waals surface area contributed by atoms with Gasteiger partial charge >= 0.3 is 17.9 Å². The van der Waals surface area contributed by atoms with Crippen molar-refractivity contribution >= 4 is 17.9 Å². The molecule has 0 aromatic carbocycles. The molecule has 3 aromatic rings. The molecule has 3 heterocycles. The zero-order valence-electron chi connectivity index (χ0n) is 11.4. The maximum Gasteiger partial charge on any atom is 0.404 e. The molecule has 0 fully saturated rings. The number of nitrogens with zero attached hydrogens (tertiary/aromatic N) is 10. The van der Waals surface area contributed by atoms with E-state index >= 15 is 0 Å². The fourth-order valence-electron chi connectivity index (χ4n) is 1.13. The van der Waals surface area contributed by atoms with Crippen molar-refractivity contribution in [3.8, 4) is 0 Å². The van der Waals surface area contributed by atoms with Crippen LogP contribution in [0.2, 0.25) is 0 Å². The van der Waals surface area contributed by atoms with Crippen molar-refractivity contribution in [1.82, 2.24) is 67.3 Å². The van der Waals surface area contributed by atoms with Crippen LogP contribution < -0.4 is 0 Å². The summed E-state index contributed by atoms with van der Waals surface area (Å²) >= 11 is 0. The molecule has 19 nitrogen and oxygen atoms in total. The summed E-state index contributed by atoms with van der Waals surface area (Å²) in [5.74, 6) is -5.56. The third-order valence-electron chi connectivity index (χ3n) is 2.06. The number of rotatable bonds is 6. The van der Waals surface area contributed by atoms with Crippen molar-refractivity contribution in [3.63, 3.8) is 0 Å². The van der Waals surface area contributed by atoms with Crippen molar-refractivity contribution in [2.24, 2.45) is 0 Å². The Labute approximate surface area is 132 Å². The Morgan fingerprint density at radius 1 is 0.640 bits per heavy atom. The molecule has 3 rings (SSSR count). The molecular weight excluding hydrogens is 350 g/mol. The van der Waals surface area contributed by atoms with Gasteiger partial charge in [0.15, 0.2) is 0 Å². The lowest BCUT2D eigenvalue weighted by atomic mass is 10.6. The lowest BCUT2D eigenvalue weighted by Crippen LogP contribution is -2.34. The second-order valence-electron chi connectivity index (χ2n) is 3.57. The van der Waals surface area contributed by atoms with Gasteiger partial charge in [0.1, 0.15) is 0 Å². The molecule has 0 spiro atoms. The first-order chi connectivity index (χ1) is 12.1. The average molecular weight is 353 g/mol. The molecule has 128 valence electrons. The molecule has 0 saturated heterocycles. The van der Waals surface area contributed by atoms with E-state index in [1.165, 1.54) is 0 Å². The first-order valence-corrected chi connectivity index (χ1v) is 5.81.